The molecule has 0 radical (unpaired) electrons. The molecule has 2 aromatic rings. The van der Waals surface area contributed by atoms with Gasteiger partial charge in [0.05, 0.1) is 30.9 Å². The van der Waals surface area contributed by atoms with Crippen LogP contribution in [0.4, 0.5) is 0 Å². The van der Waals surface area contributed by atoms with E-state index in [0.717, 1.165) is 23.0 Å². The molecule has 1 atom stereocenters. The van der Waals surface area contributed by atoms with Crippen molar-refractivity contribution in [1.29, 1.82) is 0 Å². The van der Waals surface area contributed by atoms with Gasteiger partial charge in [0.15, 0.2) is 0 Å². The molecule has 26 heavy (non-hydrogen) atoms. The highest BCUT2D eigenvalue weighted by atomic mass is 16.1. The molecule has 2 aromatic heterocycles. The highest BCUT2D eigenvalue weighted by molar-refractivity contribution is 5.70. The lowest BCUT2D eigenvalue weighted by Gasteiger charge is -2.53. The maximum atomic E-state index is 12.7. The van der Waals surface area contributed by atoms with Crippen LogP contribution in [-0.4, -0.2) is 43.8 Å². The monoisotopic (exact) mass is 357 g/mol. The summed E-state index contributed by atoms with van der Waals surface area (Å²) >= 11 is 0. The molecule has 4 heterocycles. The van der Waals surface area contributed by atoms with Gasteiger partial charge in [-0.25, -0.2) is 4.98 Å². The molecule has 6 nitrogen and oxygen atoms in total. The van der Waals surface area contributed by atoms with Crippen LogP contribution in [0.5, 0.6) is 0 Å². The Morgan fingerprint density at radius 2 is 1.85 bits per heavy atom. The van der Waals surface area contributed by atoms with E-state index < -0.39 is 0 Å². The fraction of sp³-hybridized carbons (Fsp3) is 0.650. The second-order valence-electron chi connectivity index (χ2n) is 8.95. The van der Waals surface area contributed by atoms with Crippen molar-refractivity contribution >= 4 is 11.2 Å². The summed E-state index contributed by atoms with van der Waals surface area (Å²) in [7, 11) is 0. The van der Waals surface area contributed by atoms with Crippen LogP contribution >= 0.6 is 0 Å². The lowest BCUT2D eigenvalue weighted by Crippen LogP contribution is -2.64. The number of nitrogens with zero attached hydrogens (tertiary/aromatic N) is 4. The van der Waals surface area contributed by atoms with E-state index in [1.165, 1.54) is 38.5 Å². The van der Waals surface area contributed by atoms with E-state index in [2.05, 4.69) is 25.8 Å². The summed E-state index contributed by atoms with van der Waals surface area (Å²) in [6.07, 6.45) is 6.04. The number of aryl methyl sites for hydroxylation is 1. The van der Waals surface area contributed by atoms with Crippen molar-refractivity contribution in [3.05, 3.63) is 39.0 Å². The Hall–Kier alpha value is -1.95. The van der Waals surface area contributed by atoms with E-state index in [1.54, 1.807) is 16.7 Å². The van der Waals surface area contributed by atoms with Gasteiger partial charge < -0.3 is 4.48 Å². The van der Waals surface area contributed by atoms with Crippen LogP contribution in [0.15, 0.2) is 27.9 Å². The van der Waals surface area contributed by atoms with Gasteiger partial charge in [-0.2, -0.15) is 0 Å². The van der Waals surface area contributed by atoms with Gasteiger partial charge >= 0.3 is 0 Å². The number of piperidine rings is 1. The molecular weight excluding hydrogens is 328 g/mol. The van der Waals surface area contributed by atoms with Gasteiger partial charge in [-0.15, -0.1) is 0 Å². The summed E-state index contributed by atoms with van der Waals surface area (Å²) in [6.45, 7) is 10.9. The van der Waals surface area contributed by atoms with E-state index in [-0.39, 0.29) is 22.7 Å². The van der Waals surface area contributed by atoms with Crippen LogP contribution in [-0.2, 0) is 6.54 Å². The van der Waals surface area contributed by atoms with Gasteiger partial charge in [-0.3, -0.25) is 18.7 Å². The van der Waals surface area contributed by atoms with Crippen molar-refractivity contribution in [3.8, 4) is 0 Å². The highest BCUT2D eigenvalue weighted by Gasteiger charge is 2.44. The summed E-state index contributed by atoms with van der Waals surface area (Å²) in [5, 5.41) is 0. The lowest BCUT2D eigenvalue weighted by atomic mass is 9.93. The normalized spacial score (nSPS) is 22.5. The fourth-order valence-electron chi connectivity index (χ4n) is 5.00. The zero-order valence-electron chi connectivity index (χ0n) is 16.1. The number of hydrogen-bond donors (Lipinski definition) is 0. The molecule has 1 unspecified atom stereocenters. The third kappa shape index (κ3) is 2.62. The first kappa shape index (κ1) is 17.5. The van der Waals surface area contributed by atoms with E-state index in [9.17, 15) is 9.59 Å². The summed E-state index contributed by atoms with van der Waals surface area (Å²) < 4.78 is 4.62. The van der Waals surface area contributed by atoms with Gasteiger partial charge in [0.2, 0.25) is 0 Å². The van der Waals surface area contributed by atoms with Crippen LogP contribution in [0.25, 0.3) is 11.2 Å². The third-order valence-electron chi connectivity index (χ3n) is 6.62. The fourth-order valence-corrected chi connectivity index (χ4v) is 5.00. The Bertz CT molecular complexity index is 940. The van der Waals surface area contributed by atoms with E-state index in [0.29, 0.717) is 12.2 Å². The number of aromatic nitrogens is 3. The maximum Gasteiger partial charge on any atom is 0.271 e. The number of hydrogen-bond acceptors (Lipinski definition) is 3. The quantitative estimate of drug-likeness (QED) is 0.775. The molecule has 2 aliphatic heterocycles. The molecule has 1 fully saturated rings. The summed E-state index contributed by atoms with van der Waals surface area (Å²) in [5.74, 6) is 0. The molecular formula is C20H29N4O2+. The van der Waals surface area contributed by atoms with Crippen molar-refractivity contribution in [1.82, 2.24) is 14.1 Å². The van der Waals surface area contributed by atoms with E-state index >= 15 is 0 Å². The minimum atomic E-state index is -0.0920. The van der Waals surface area contributed by atoms with Gasteiger partial charge in [0.25, 0.3) is 11.1 Å². The van der Waals surface area contributed by atoms with Crippen molar-refractivity contribution in [3.63, 3.8) is 0 Å². The average Bonchev–Trinajstić information content (AvgIpc) is 2.60. The van der Waals surface area contributed by atoms with Crippen LogP contribution in [0.3, 0.4) is 0 Å². The Morgan fingerprint density at radius 1 is 1.12 bits per heavy atom. The second-order valence-corrected chi connectivity index (χ2v) is 8.95. The zero-order valence-corrected chi connectivity index (χ0v) is 16.1. The molecule has 0 amide bonds. The molecule has 0 N–H and O–H groups in total. The zero-order chi connectivity index (χ0) is 18.5. The van der Waals surface area contributed by atoms with E-state index in [1.807, 2.05) is 4.57 Å². The lowest BCUT2D eigenvalue weighted by molar-refractivity contribution is -0.976. The average molecular weight is 357 g/mol. The number of rotatable bonds is 2. The standard InChI is InChI=1S/C20H29N4O2/c1-20(2,3)24(11-5-4-6-12-24)14-15-9-10-22-17(25)8-7-16-19(22)23(15)18(26)13-21-16/h7-8,13,15H,4-6,9-12,14H2,1-3H3/q+1. The molecule has 0 bridgehead atoms. The van der Waals surface area contributed by atoms with Crippen molar-refractivity contribution < 1.29 is 4.48 Å². The molecule has 0 saturated carbocycles. The summed E-state index contributed by atoms with van der Waals surface area (Å²) in [6, 6.07) is 3.41. The molecule has 1 saturated heterocycles. The van der Waals surface area contributed by atoms with Gasteiger partial charge in [0, 0.05) is 12.6 Å². The Balaban J connectivity index is 1.84. The Kier molecular flexibility index (Phi) is 4.06. The number of likely N-dealkylation sites (tertiary alicyclic amines) is 1. The first-order valence-electron chi connectivity index (χ1n) is 9.80. The third-order valence-corrected chi connectivity index (χ3v) is 6.62. The molecule has 4 rings (SSSR count). The van der Waals surface area contributed by atoms with Crippen molar-refractivity contribution in [2.45, 2.75) is 64.6 Å². The molecule has 0 aliphatic carbocycles. The predicted octanol–water partition coefficient (Wildman–Crippen LogP) is 2.30. The minimum Gasteiger partial charge on any atom is -0.318 e. The second kappa shape index (κ2) is 6.05. The van der Waals surface area contributed by atoms with Crippen molar-refractivity contribution in [2.75, 3.05) is 19.6 Å². The molecule has 140 valence electrons. The highest BCUT2D eigenvalue weighted by Crippen LogP contribution is 2.35. The van der Waals surface area contributed by atoms with Crippen LogP contribution in [0.2, 0.25) is 0 Å². The summed E-state index contributed by atoms with van der Waals surface area (Å²) in [4.78, 5) is 29.3. The molecule has 0 spiro atoms. The Morgan fingerprint density at radius 3 is 2.54 bits per heavy atom. The van der Waals surface area contributed by atoms with Crippen LogP contribution < -0.4 is 11.1 Å². The van der Waals surface area contributed by atoms with Gasteiger partial charge in [-0.1, -0.05) is 0 Å². The first-order chi connectivity index (χ1) is 12.3. The smallest absolute Gasteiger partial charge is 0.271 e. The topological polar surface area (TPSA) is 56.9 Å². The van der Waals surface area contributed by atoms with Gasteiger partial charge in [-0.05, 0) is 52.5 Å². The molecule has 0 aromatic carbocycles. The molecule has 2 aliphatic rings. The predicted molar refractivity (Wildman–Crippen MR) is 102 cm³/mol. The number of pyridine rings is 1. The SMILES string of the molecule is CC(C)(C)[N+]1(CC2CCn3c(=O)ccc4ncc(=O)n2c43)CCCCC1. The van der Waals surface area contributed by atoms with Crippen LogP contribution in [0, 0.1) is 0 Å². The van der Waals surface area contributed by atoms with E-state index in [4.69, 9.17) is 0 Å². The van der Waals surface area contributed by atoms with Crippen LogP contribution in [0.1, 0.15) is 52.5 Å². The minimum absolute atomic E-state index is 0.0465. The Labute approximate surface area is 153 Å². The van der Waals surface area contributed by atoms with Gasteiger partial charge in [0.1, 0.15) is 17.7 Å². The summed E-state index contributed by atoms with van der Waals surface area (Å²) in [5.41, 5.74) is 1.44. The van der Waals surface area contributed by atoms with Crippen molar-refractivity contribution in [2.24, 2.45) is 0 Å². The maximum absolute atomic E-state index is 12.7. The first-order valence-corrected chi connectivity index (χ1v) is 9.80. The largest absolute Gasteiger partial charge is 0.318 e. The molecule has 6 heteroatoms. The number of quaternary nitrogens is 1.